The summed E-state index contributed by atoms with van der Waals surface area (Å²) >= 11 is 1.58. The van der Waals surface area contributed by atoms with E-state index < -0.39 is 10.0 Å². The number of hydrogen-bond donors (Lipinski definition) is 2. The highest BCUT2D eigenvalue weighted by atomic mass is 32.2. The third-order valence-electron chi connectivity index (χ3n) is 4.16. The highest BCUT2D eigenvalue weighted by molar-refractivity contribution is 8.00. The number of rotatable bonds is 5. The van der Waals surface area contributed by atoms with Crippen molar-refractivity contribution < 1.29 is 17.9 Å². The number of carbonyl (C=O) groups is 1. The van der Waals surface area contributed by atoms with Crippen LogP contribution >= 0.6 is 11.8 Å². The smallest absolute Gasteiger partial charge is 0.240 e. The van der Waals surface area contributed by atoms with Crippen molar-refractivity contribution in [3.05, 3.63) is 18.2 Å². The van der Waals surface area contributed by atoms with E-state index in [1.54, 1.807) is 23.9 Å². The van der Waals surface area contributed by atoms with Crippen LogP contribution in [0.2, 0.25) is 0 Å². The molecule has 0 aromatic heterocycles. The Hall–Kier alpha value is -1.13. The van der Waals surface area contributed by atoms with E-state index in [9.17, 15) is 13.2 Å². The van der Waals surface area contributed by atoms with Gasteiger partial charge in [-0.2, -0.15) is 0 Å². The van der Waals surface area contributed by atoms with Gasteiger partial charge in [0, 0.05) is 42.7 Å². The number of sulfonamides is 1. The molecule has 7 nitrogen and oxygen atoms in total. The number of ether oxygens (including phenoxy) is 1. The zero-order chi connectivity index (χ0) is 17.9. The number of morpholine rings is 1. The number of hydrogen-bond acceptors (Lipinski definition) is 6. The summed E-state index contributed by atoms with van der Waals surface area (Å²) in [5, 5.41) is 2.96. The van der Waals surface area contributed by atoms with Crippen LogP contribution in [-0.4, -0.2) is 63.9 Å². The molecule has 1 unspecified atom stereocenters. The third kappa shape index (κ3) is 4.95. The topological polar surface area (TPSA) is 87.7 Å². The Morgan fingerprint density at radius 1 is 1.36 bits per heavy atom. The molecule has 1 atom stereocenters. The first-order valence-electron chi connectivity index (χ1n) is 8.34. The Labute approximate surface area is 152 Å². The highest BCUT2D eigenvalue weighted by Crippen LogP contribution is 2.36. The first-order valence-corrected chi connectivity index (χ1v) is 10.7. The van der Waals surface area contributed by atoms with Crippen LogP contribution in [0.15, 0.2) is 28.0 Å². The predicted molar refractivity (Wildman–Crippen MR) is 97.5 cm³/mol. The molecule has 0 saturated carbocycles. The fourth-order valence-corrected chi connectivity index (χ4v) is 4.94. The number of amides is 1. The zero-order valence-corrected chi connectivity index (χ0v) is 15.8. The third-order valence-corrected chi connectivity index (χ3v) is 6.80. The summed E-state index contributed by atoms with van der Waals surface area (Å²) in [7, 11) is -3.61. The maximum absolute atomic E-state index is 12.5. The number of thioether (sulfide) groups is 1. The average molecular weight is 386 g/mol. The van der Waals surface area contributed by atoms with Crippen molar-refractivity contribution in [3.8, 4) is 0 Å². The predicted octanol–water partition coefficient (Wildman–Crippen LogP) is 1.12. The van der Waals surface area contributed by atoms with Crippen molar-refractivity contribution in [2.45, 2.75) is 28.4 Å². The average Bonchev–Trinajstić information content (AvgIpc) is 2.71. The molecule has 1 fully saturated rings. The Morgan fingerprint density at radius 3 is 2.88 bits per heavy atom. The van der Waals surface area contributed by atoms with Gasteiger partial charge in [0.05, 0.1) is 23.8 Å². The molecule has 9 heteroatoms. The van der Waals surface area contributed by atoms with Crippen molar-refractivity contribution in [3.63, 3.8) is 0 Å². The highest BCUT2D eigenvalue weighted by Gasteiger charge is 2.22. The summed E-state index contributed by atoms with van der Waals surface area (Å²) in [6, 6.07) is 4.89. The summed E-state index contributed by atoms with van der Waals surface area (Å²) in [5.41, 5.74) is 0.565. The minimum absolute atomic E-state index is 0.0893. The van der Waals surface area contributed by atoms with Crippen molar-refractivity contribution in [2.24, 2.45) is 0 Å². The van der Waals surface area contributed by atoms with Gasteiger partial charge < -0.3 is 10.1 Å². The summed E-state index contributed by atoms with van der Waals surface area (Å²) in [6.07, 6.45) is 0.416. The molecule has 1 amide bonds. The number of nitrogens with zero attached hydrogens (tertiary/aromatic N) is 1. The molecule has 0 aliphatic carbocycles. The fraction of sp³-hybridized carbons (Fsp3) is 0.562. The Balaban J connectivity index is 1.66. The van der Waals surface area contributed by atoms with Crippen molar-refractivity contribution in [2.75, 3.05) is 44.7 Å². The second-order valence-electron chi connectivity index (χ2n) is 6.19. The van der Waals surface area contributed by atoms with Crippen molar-refractivity contribution in [1.29, 1.82) is 0 Å². The lowest BCUT2D eigenvalue weighted by atomic mass is 10.3. The molecule has 0 spiro atoms. The van der Waals surface area contributed by atoms with Crippen LogP contribution in [0.1, 0.15) is 13.3 Å². The number of fused-ring (bicyclic) bond motifs is 1. The minimum Gasteiger partial charge on any atom is -0.379 e. The fourth-order valence-electron chi connectivity index (χ4n) is 2.84. The number of benzene rings is 1. The molecule has 2 aliphatic heterocycles. The normalized spacial score (nSPS) is 22.1. The largest absolute Gasteiger partial charge is 0.379 e. The van der Waals surface area contributed by atoms with Crippen LogP contribution in [0, 0.1) is 0 Å². The summed E-state index contributed by atoms with van der Waals surface area (Å²) in [6.45, 7) is 6.00. The molecule has 0 bridgehead atoms. The monoisotopic (exact) mass is 385 g/mol. The molecule has 25 heavy (non-hydrogen) atoms. The van der Waals surface area contributed by atoms with Gasteiger partial charge in [-0.05, 0) is 18.2 Å². The van der Waals surface area contributed by atoms with Crippen LogP contribution in [0.3, 0.4) is 0 Å². The molecule has 1 aromatic carbocycles. The molecule has 3 rings (SSSR count). The van der Waals surface area contributed by atoms with Crippen molar-refractivity contribution >= 4 is 33.4 Å². The minimum atomic E-state index is -3.61. The molecule has 138 valence electrons. The number of anilines is 1. The van der Waals surface area contributed by atoms with E-state index in [0.717, 1.165) is 18.0 Å². The molecule has 2 heterocycles. The van der Waals surface area contributed by atoms with Gasteiger partial charge in [0.2, 0.25) is 15.9 Å². The number of carbonyl (C=O) groups excluding carboxylic acids is 1. The molecule has 1 saturated heterocycles. The lowest BCUT2D eigenvalue weighted by Crippen LogP contribution is -2.41. The van der Waals surface area contributed by atoms with Crippen LogP contribution in [0.25, 0.3) is 0 Å². The van der Waals surface area contributed by atoms with Gasteiger partial charge in [-0.3, -0.25) is 9.69 Å². The summed E-state index contributed by atoms with van der Waals surface area (Å²) < 4.78 is 32.9. The lowest BCUT2D eigenvalue weighted by molar-refractivity contribution is -0.116. The second-order valence-corrected chi connectivity index (χ2v) is 9.44. The molecular formula is C16H23N3O4S2. The van der Waals surface area contributed by atoms with Crippen LogP contribution < -0.4 is 10.0 Å². The molecule has 1 aromatic rings. The maximum Gasteiger partial charge on any atom is 0.240 e. The first-order chi connectivity index (χ1) is 11.9. The number of nitrogens with one attached hydrogen (secondary N) is 2. The van der Waals surface area contributed by atoms with Crippen molar-refractivity contribution in [1.82, 2.24) is 9.62 Å². The van der Waals surface area contributed by atoms with Gasteiger partial charge in [0.1, 0.15) is 0 Å². The molecule has 2 N–H and O–H groups in total. The molecule has 0 radical (unpaired) electrons. The van der Waals surface area contributed by atoms with E-state index in [-0.39, 0.29) is 16.1 Å². The van der Waals surface area contributed by atoms with Gasteiger partial charge in [-0.25, -0.2) is 13.1 Å². The van der Waals surface area contributed by atoms with E-state index >= 15 is 0 Å². The maximum atomic E-state index is 12.5. The standard InChI is InChI=1S/C16H23N3O4S2/c1-12-10-16(20)18-14-11-13(2-3-15(14)24-12)25(21,22)17-4-5-19-6-8-23-9-7-19/h2-3,11-12,17H,4-10H2,1H3,(H,18,20). The van der Waals surface area contributed by atoms with Gasteiger partial charge in [0.15, 0.2) is 0 Å². The quantitative estimate of drug-likeness (QED) is 0.790. The zero-order valence-electron chi connectivity index (χ0n) is 14.2. The van der Waals surface area contributed by atoms with Crippen LogP contribution in [0.4, 0.5) is 5.69 Å². The summed E-state index contributed by atoms with van der Waals surface area (Å²) in [5.74, 6) is -0.0893. The van der Waals surface area contributed by atoms with E-state index in [4.69, 9.17) is 4.74 Å². The SMILES string of the molecule is CC1CC(=O)Nc2cc(S(=O)(=O)NCCN3CCOCC3)ccc2S1. The Morgan fingerprint density at radius 2 is 2.12 bits per heavy atom. The van der Waals surface area contributed by atoms with E-state index in [1.807, 2.05) is 6.92 Å². The summed E-state index contributed by atoms with van der Waals surface area (Å²) in [4.78, 5) is 15.1. The van der Waals surface area contributed by atoms with Gasteiger partial charge in [-0.1, -0.05) is 6.92 Å². The van der Waals surface area contributed by atoms with E-state index in [2.05, 4.69) is 14.9 Å². The van der Waals surface area contributed by atoms with Gasteiger partial charge in [-0.15, -0.1) is 11.8 Å². The van der Waals surface area contributed by atoms with E-state index in [1.165, 1.54) is 6.07 Å². The molecule has 2 aliphatic rings. The van der Waals surface area contributed by atoms with Crippen LogP contribution in [0.5, 0.6) is 0 Å². The van der Waals surface area contributed by atoms with Gasteiger partial charge >= 0.3 is 0 Å². The van der Waals surface area contributed by atoms with E-state index in [0.29, 0.717) is 38.4 Å². The van der Waals surface area contributed by atoms with Gasteiger partial charge in [0.25, 0.3) is 0 Å². The Kier molecular flexibility index (Phi) is 6.00. The Bertz CT molecular complexity index is 733. The van der Waals surface area contributed by atoms with Crippen LogP contribution in [-0.2, 0) is 19.6 Å². The first kappa shape index (κ1) is 18.7. The molecular weight excluding hydrogens is 362 g/mol. The second kappa shape index (κ2) is 8.05. The lowest BCUT2D eigenvalue weighted by Gasteiger charge is -2.26.